The Labute approximate surface area is 193 Å². The number of aromatic nitrogens is 2. The second-order valence-corrected chi connectivity index (χ2v) is 9.99. The number of anilines is 1. The van der Waals surface area contributed by atoms with E-state index in [1.165, 1.54) is 22.7 Å². The van der Waals surface area contributed by atoms with Gasteiger partial charge in [-0.25, -0.2) is 9.97 Å². The highest BCUT2D eigenvalue weighted by Gasteiger charge is 2.28. The topological polar surface area (TPSA) is 88.3 Å². The van der Waals surface area contributed by atoms with Crippen molar-refractivity contribution in [3.63, 3.8) is 0 Å². The molecule has 2 amide bonds. The van der Waals surface area contributed by atoms with Gasteiger partial charge >= 0.3 is 0 Å². The lowest BCUT2D eigenvalue weighted by Gasteiger charge is -2.30. The number of rotatable bonds is 4. The van der Waals surface area contributed by atoms with E-state index in [9.17, 15) is 9.59 Å². The predicted molar refractivity (Wildman–Crippen MR) is 126 cm³/mol. The van der Waals surface area contributed by atoms with E-state index in [1.54, 1.807) is 11.4 Å². The number of para-hydroxylation sites is 1. The highest BCUT2D eigenvalue weighted by Crippen LogP contribution is 2.32. The average Bonchev–Trinajstić information content (AvgIpc) is 3.52. The summed E-state index contributed by atoms with van der Waals surface area (Å²) >= 11 is 2.96. The number of carbonyl (C=O) groups excluding carboxylic acids is 2. The first-order chi connectivity index (χ1) is 15.5. The molecule has 3 aromatic heterocycles. The number of benzene rings is 1. The van der Waals surface area contributed by atoms with Crippen LogP contribution in [0.4, 0.5) is 5.13 Å². The van der Waals surface area contributed by atoms with Gasteiger partial charge in [-0.2, -0.15) is 0 Å². The largest absolute Gasteiger partial charge is 0.451 e. The summed E-state index contributed by atoms with van der Waals surface area (Å²) in [5.41, 5.74) is 2.06. The van der Waals surface area contributed by atoms with Crippen LogP contribution in [0.3, 0.4) is 0 Å². The standard InChI is InChI=1S/C23H22N4O3S2/c1-13-14(2)32-23(24-13)26-20(28)17-12-31-21(25-17)15-7-9-27(10-8-15)22(29)19-11-16-5-3-4-6-18(16)30-19/h3-6,11-12,15H,7-10H2,1-2H3,(H,24,26,28). The summed E-state index contributed by atoms with van der Waals surface area (Å²) in [4.78, 5) is 37.3. The van der Waals surface area contributed by atoms with Crippen LogP contribution in [0.25, 0.3) is 11.0 Å². The number of hydrogen-bond acceptors (Lipinski definition) is 7. The molecule has 4 heterocycles. The van der Waals surface area contributed by atoms with Crippen molar-refractivity contribution in [1.29, 1.82) is 0 Å². The number of nitrogens with zero attached hydrogens (tertiary/aromatic N) is 3. The molecule has 7 nitrogen and oxygen atoms in total. The van der Waals surface area contributed by atoms with Crippen molar-refractivity contribution in [2.24, 2.45) is 0 Å². The second-order valence-electron chi connectivity index (χ2n) is 7.90. The number of nitrogens with one attached hydrogen (secondary N) is 1. The molecular formula is C23H22N4O3S2. The SMILES string of the molecule is Cc1nc(NC(=O)c2csc(C3CCN(C(=O)c4cc5ccccc5o4)CC3)n2)sc1C. The van der Waals surface area contributed by atoms with Crippen molar-refractivity contribution in [2.75, 3.05) is 18.4 Å². The Morgan fingerprint density at radius 1 is 1.16 bits per heavy atom. The van der Waals surface area contributed by atoms with Crippen LogP contribution in [-0.4, -0.2) is 39.8 Å². The van der Waals surface area contributed by atoms with Crippen LogP contribution in [0.1, 0.15) is 55.4 Å². The van der Waals surface area contributed by atoms with Crippen LogP contribution in [0.15, 0.2) is 40.1 Å². The molecule has 4 aromatic rings. The van der Waals surface area contributed by atoms with Crippen LogP contribution in [0.5, 0.6) is 0 Å². The lowest BCUT2D eigenvalue weighted by Crippen LogP contribution is -2.37. The third-order valence-corrected chi connectivity index (χ3v) is 7.77. The Bertz CT molecular complexity index is 1250. The van der Waals surface area contributed by atoms with E-state index in [0.717, 1.165) is 39.4 Å². The molecule has 0 radical (unpaired) electrons. The van der Waals surface area contributed by atoms with Crippen LogP contribution in [0, 0.1) is 13.8 Å². The summed E-state index contributed by atoms with van der Waals surface area (Å²) in [6, 6.07) is 9.44. The quantitative estimate of drug-likeness (QED) is 0.445. The van der Waals surface area contributed by atoms with Crippen LogP contribution >= 0.6 is 22.7 Å². The summed E-state index contributed by atoms with van der Waals surface area (Å²) in [6.07, 6.45) is 1.62. The Hall–Kier alpha value is -3.04. The van der Waals surface area contributed by atoms with E-state index in [1.807, 2.05) is 43.0 Å². The monoisotopic (exact) mass is 466 g/mol. The molecular weight excluding hydrogens is 444 g/mol. The van der Waals surface area contributed by atoms with Gasteiger partial charge in [-0.15, -0.1) is 22.7 Å². The van der Waals surface area contributed by atoms with Gasteiger partial charge in [0.2, 0.25) is 0 Å². The lowest BCUT2D eigenvalue weighted by atomic mass is 9.97. The lowest BCUT2D eigenvalue weighted by molar-refractivity contribution is 0.0683. The minimum atomic E-state index is -0.237. The molecule has 164 valence electrons. The zero-order valence-corrected chi connectivity index (χ0v) is 19.4. The summed E-state index contributed by atoms with van der Waals surface area (Å²) in [5, 5.41) is 7.10. The van der Waals surface area contributed by atoms with E-state index < -0.39 is 0 Å². The molecule has 9 heteroatoms. The first-order valence-corrected chi connectivity index (χ1v) is 12.2. The molecule has 0 saturated carbocycles. The summed E-state index contributed by atoms with van der Waals surface area (Å²) in [7, 11) is 0. The Morgan fingerprint density at radius 2 is 1.94 bits per heavy atom. The van der Waals surface area contributed by atoms with E-state index in [0.29, 0.717) is 29.7 Å². The number of amides is 2. The van der Waals surface area contributed by atoms with Crippen molar-refractivity contribution >= 4 is 50.6 Å². The van der Waals surface area contributed by atoms with Gasteiger partial charge in [0.05, 0.1) is 10.7 Å². The van der Waals surface area contributed by atoms with Crippen molar-refractivity contribution in [3.05, 3.63) is 62.7 Å². The molecule has 1 aliphatic rings. The Kier molecular flexibility index (Phi) is 5.52. The predicted octanol–water partition coefficient (Wildman–Crippen LogP) is 5.23. The number of thiazole rings is 2. The minimum absolute atomic E-state index is 0.0760. The number of furan rings is 1. The summed E-state index contributed by atoms with van der Waals surface area (Å²) in [5.74, 6) is 0.308. The summed E-state index contributed by atoms with van der Waals surface area (Å²) < 4.78 is 5.73. The van der Waals surface area contributed by atoms with Gasteiger partial charge in [0, 0.05) is 34.7 Å². The van der Waals surface area contributed by atoms with Gasteiger partial charge in [0.25, 0.3) is 11.8 Å². The van der Waals surface area contributed by atoms with Crippen molar-refractivity contribution in [1.82, 2.24) is 14.9 Å². The molecule has 0 aliphatic carbocycles. The average molecular weight is 467 g/mol. The molecule has 0 spiro atoms. The number of likely N-dealkylation sites (tertiary alicyclic amines) is 1. The maximum atomic E-state index is 12.9. The van der Waals surface area contributed by atoms with Crippen molar-refractivity contribution < 1.29 is 14.0 Å². The van der Waals surface area contributed by atoms with Crippen LogP contribution < -0.4 is 5.32 Å². The van der Waals surface area contributed by atoms with Crippen molar-refractivity contribution in [2.45, 2.75) is 32.6 Å². The molecule has 0 unspecified atom stereocenters. The number of hydrogen-bond donors (Lipinski definition) is 1. The number of fused-ring (bicyclic) bond motifs is 1. The molecule has 1 saturated heterocycles. The van der Waals surface area contributed by atoms with E-state index >= 15 is 0 Å². The smallest absolute Gasteiger partial charge is 0.289 e. The number of carbonyl (C=O) groups is 2. The molecule has 32 heavy (non-hydrogen) atoms. The molecule has 1 N–H and O–H groups in total. The maximum Gasteiger partial charge on any atom is 0.289 e. The molecule has 1 fully saturated rings. The van der Waals surface area contributed by atoms with Gasteiger partial charge in [-0.1, -0.05) is 18.2 Å². The fraction of sp³-hybridized carbons (Fsp3) is 0.304. The molecule has 0 bridgehead atoms. The fourth-order valence-electron chi connectivity index (χ4n) is 3.84. The van der Waals surface area contributed by atoms with Gasteiger partial charge in [0.1, 0.15) is 11.3 Å². The third kappa shape index (κ3) is 4.05. The van der Waals surface area contributed by atoms with Gasteiger partial charge in [-0.3, -0.25) is 14.9 Å². The first kappa shape index (κ1) is 20.8. The minimum Gasteiger partial charge on any atom is -0.451 e. The molecule has 0 atom stereocenters. The second kappa shape index (κ2) is 8.48. The van der Waals surface area contributed by atoms with Crippen LogP contribution in [-0.2, 0) is 0 Å². The number of piperidine rings is 1. The molecule has 1 aliphatic heterocycles. The van der Waals surface area contributed by atoms with Gasteiger partial charge in [0.15, 0.2) is 10.9 Å². The van der Waals surface area contributed by atoms with Gasteiger partial charge < -0.3 is 9.32 Å². The zero-order chi connectivity index (χ0) is 22.2. The third-order valence-electron chi connectivity index (χ3n) is 5.77. The first-order valence-electron chi connectivity index (χ1n) is 10.5. The van der Waals surface area contributed by atoms with E-state index in [4.69, 9.17) is 4.42 Å². The molecule has 5 rings (SSSR count). The maximum absolute atomic E-state index is 12.9. The normalized spacial score (nSPS) is 14.8. The highest BCUT2D eigenvalue weighted by molar-refractivity contribution is 7.15. The van der Waals surface area contributed by atoms with Gasteiger partial charge in [-0.05, 0) is 38.8 Å². The van der Waals surface area contributed by atoms with E-state index in [-0.39, 0.29) is 17.7 Å². The Morgan fingerprint density at radius 3 is 2.66 bits per heavy atom. The summed E-state index contributed by atoms with van der Waals surface area (Å²) in [6.45, 7) is 5.18. The molecule has 1 aromatic carbocycles. The highest BCUT2D eigenvalue weighted by atomic mass is 32.1. The fourth-order valence-corrected chi connectivity index (χ4v) is 5.62. The Balaban J connectivity index is 1.20. The van der Waals surface area contributed by atoms with Crippen molar-refractivity contribution in [3.8, 4) is 0 Å². The van der Waals surface area contributed by atoms with E-state index in [2.05, 4.69) is 15.3 Å². The van der Waals surface area contributed by atoms with Crippen LogP contribution in [0.2, 0.25) is 0 Å². The number of aryl methyl sites for hydroxylation is 2. The zero-order valence-electron chi connectivity index (χ0n) is 17.8.